The van der Waals surface area contributed by atoms with Gasteiger partial charge in [0.1, 0.15) is 5.82 Å². The van der Waals surface area contributed by atoms with E-state index in [0.29, 0.717) is 5.02 Å². The fourth-order valence-corrected chi connectivity index (χ4v) is 2.29. The summed E-state index contributed by atoms with van der Waals surface area (Å²) in [7, 11) is 0. The Hall–Kier alpha value is -0.640. The normalized spacial score (nSPS) is 23.1. The molecule has 88 valence electrons. The number of benzene rings is 1. The monoisotopic (exact) mass is 243 g/mol. The maximum Gasteiger partial charge on any atom is 0.129 e. The van der Waals surface area contributed by atoms with Crippen molar-refractivity contribution in [1.82, 2.24) is 5.32 Å². The Kier molecular flexibility index (Phi) is 3.79. The van der Waals surface area contributed by atoms with Gasteiger partial charge in [0, 0.05) is 16.6 Å². The molecular weight excluding hydrogens is 229 g/mol. The summed E-state index contributed by atoms with van der Waals surface area (Å²) < 4.78 is 13.5. The van der Waals surface area contributed by atoms with Crippen molar-refractivity contribution in [2.24, 2.45) is 0 Å². The van der Waals surface area contributed by atoms with Gasteiger partial charge in [-0.2, -0.15) is 0 Å². The first-order valence-corrected chi connectivity index (χ1v) is 5.92. The second kappa shape index (κ2) is 5.13. The summed E-state index contributed by atoms with van der Waals surface area (Å²) in [6, 6.07) is 4.21. The van der Waals surface area contributed by atoms with Crippen LogP contribution in [0.4, 0.5) is 4.39 Å². The third-order valence-electron chi connectivity index (χ3n) is 3.01. The molecule has 2 unspecified atom stereocenters. The van der Waals surface area contributed by atoms with Crippen molar-refractivity contribution in [3.63, 3.8) is 0 Å². The molecule has 1 aliphatic heterocycles. The van der Waals surface area contributed by atoms with E-state index in [1.54, 1.807) is 0 Å². The van der Waals surface area contributed by atoms with Gasteiger partial charge in [-0.15, -0.1) is 0 Å². The molecule has 0 radical (unpaired) electrons. The maximum atomic E-state index is 13.5. The molecule has 0 saturated carbocycles. The molecule has 0 bridgehead atoms. The lowest BCUT2D eigenvalue weighted by atomic mass is 9.95. The molecule has 0 aliphatic carbocycles. The number of halogens is 2. The molecule has 1 heterocycles. The van der Waals surface area contributed by atoms with Crippen LogP contribution < -0.4 is 5.32 Å². The summed E-state index contributed by atoms with van der Waals surface area (Å²) in [6.45, 7) is 0.879. The summed E-state index contributed by atoms with van der Waals surface area (Å²) in [4.78, 5) is 0. The average molecular weight is 244 g/mol. The van der Waals surface area contributed by atoms with E-state index in [4.69, 9.17) is 11.6 Å². The predicted molar refractivity (Wildman–Crippen MR) is 62.0 cm³/mol. The van der Waals surface area contributed by atoms with E-state index < -0.39 is 11.9 Å². The van der Waals surface area contributed by atoms with E-state index in [9.17, 15) is 9.50 Å². The summed E-state index contributed by atoms with van der Waals surface area (Å²) in [5, 5.41) is 13.7. The molecule has 2 atom stereocenters. The summed E-state index contributed by atoms with van der Waals surface area (Å²) in [5.41, 5.74) is 0.284. The number of hydrogen-bond donors (Lipinski definition) is 2. The van der Waals surface area contributed by atoms with Gasteiger partial charge in [-0.1, -0.05) is 18.0 Å². The fourth-order valence-electron chi connectivity index (χ4n) is 2.11. The molecule has 4 heteroatoms. The van der Waals surface area contributed by atoms with Gasteiger partial charge in [0.15, 0.2) is 0 Å². The van der Waals surface area contributed by atoms with Gasteiger partial charge >= 0.3 is 0 Å². The number of aliphatic hydroxyl groups is 1. The Morgan fingerprint density at radius 1 is 1.44 bits per heavy atom. The van der Waals surface area contributed by atoms with Crippen LogP contribution in [0.2, 0.25) is 5.02 Å². The molecule has 2 N–H and O–H groups in total. The Labute approximate surface area is 99.4 Å². The highest BCUT2D eigenvalue weighted by atomic mass is 35.5. The highest BCUT2D eigenvalue weighted by Crippen LogP contribution is 2.27. The summed E-state index contributed by atoms with van der Waals surface area (Å²) >= 11 is 5.80. The zero-order valence-electron chi connectivity index (χ0n) is 8.92. The molecule has 1 aromatic carbocycles. The Morgan fingerprint density at radius 2 is 2.25 bits per heavy atom. The summed E-state index contributed by atoms with van der Waals surface area (Å²) in [6.07, 6.45) is 2.23. The van der Waals surface area contributed by atoms with Gasteiger partial charge in [0.25, 0.3) is 0 Å². The molecule has 1 saturated heterocycles. The van der Waals surface area contributed by atoms with Crippen molar-refractivity contribution in [3.05, 3.63) is 34.6 Å². The van der Waals surface area contributed by atoms with E-state index in [1.807, 2.05) is 0 Å². The lowest BCUT2D eigenvalue weighted by molar-refractivity contribution is 0.110. The van der Waals surface area contributed by atoms with Crippen molar-refractivity contribution in [3.8, 4) is 0 Å². The predicted octanol–water partition coefficient (Wildman–Crippen LogP) is 2.65. The van der Waals surface area contributed by atoms with Crippen LogP contribution in [0.1, 0.15) is 30.9 Å². The number of rotatable bonds is 2. The second-order valence-electron chi connectivity index (χ2n) is 4.17. The average Bonchev–Trinajstić information content (AvgIpc) is 2.32. The molecule has 1 fully saturated rings. The van der Waals surface area contributed by atoms with E-state index >= 15 is 0 Å². The van der Waals surface area contributed by atoms with E-state index in [2.05, 4.69) is 5.32 Å². The summed E-state index contributed by atoms with van der Waals surface area (Å²) in [5.74, 6) is -0.399. The van der Waals surface area contributed by atoms with Crippen molar-refractivity contribution in [2.75, 3.05) is 6.54 Å². The Balaban J connectivity index is 2.18. The molecule has 1 aliphatic rings. The Bertz CT molecular complexity index is 366. The first-order valence-electron chi connectivity index (χ1n) is 5.55. The van der Waals surface area contributed by atoms with Crippen LogP contribution >= 0.6 is 11.6 Å². The molecule has 0 spiro atoms. The first-order chi connectivity index (χ1) is 7.68. The van der Waals surface area contributed by atoms with E-state index in [-0.39, 0.29) is 11.6 Å². The van der Waals surface area contributed by atoms with Gasteiger partial charge in [-0.05, 0) is 37.6 Å². The van der Waals surface area contributed by atoms with Gasteiger partial charge in [-0.3, -0.25) is 0 Å². The molecule has 0 amide bonds. The standard InChI is InChI=1S/C12H15ClFNO/c13-8-4-5-10(14)9(7-8)12(16)11-3-1-2-6-15-11/h4-5,7,11-12,15-16H,1-3,6H2. The van der Waals surface area contributed by atoms with Crippen molar-refractivity contribution < 1.29 is 9.50 Å². The van der Waals surface area contributed by atoms with E-state index in [1.165, 1.54) is 18.2 Å². The SMILES string of the molecule is OC(c1cc(Cl)ccc1F)C1CCCCN1. The topological polar surface area (TPSA) is 32.3 Å². The fraction of sp³-hybridized carbons (Fsp3) is 0.500. The van der Waals surface area contributed by atoms with Crippen LogP contribution in [0.5, 0.6) is 0 Å². The minimum atomic E-state index is -0.820. The Morgan fingerprint density at radius 3 is 2.94 bits per heavy atom. The minimum Gasteiger partial charge on any atom is -0.387 e. The minimum absolute atomic E-state index is 0.0679. The maximum absolute atomic E-state index is 13.5. The molecule has 2 nitrogen and oxygen atoms in total. The lowest BCUT2D eigenvalue weighted by Gasteiger charge is -2.28. The molecule has 1 aromatic rings. The van der Waals surface area contributed by atoms with Crippen molar-refractivity contribution in [2.45, 2.75) is 31.4 Å². The van der Waals surface area contributed by atoms with Gasteiger partial charge in [0.2, 0.25) is 0 Å². The third-order valence-corrected chi connectivity index (χ3v) is 3.24. The smallest absolute Gasteiger partial charge is 0.129 e. The van der Waals surface area contributed by atoms with Gasteiger partial charge in [0.05, 0.1) is 6.10 Å². The number of nitrogens with one attached hydrogen (secondary N) is 1. The van der Waals surface area contributed by atoms with Crippen LogP contribution in [0, 0.1) is 5.82 Å². The van der Waals surface area contributed by atoms with E-state index in [0.717, 1.165) is 25.8 Å². The van der Waals surface area contributed by atoms with Crippen LogP contribution in [0.25, 0.3) is 0 Å². The van der Waals surface area contributed by atoms with Gasteiger partial charge in [-0.25, -0.2) is 4.39 Å². The number of hydrogen-bond acceptors (Lipinski definition) is 2. The zero-order chi connectivity index (χ0) is 11.5. The van der Waals surface area contributed by atoms with Crippen molar-refractivity contribution in [1.29, 1.82) is 0 Å². The third kappa shape index (κ3) is 2.54. The second-order valence-corrected chi connectivity index (χ2v) is 4.60. The number of aliphatic hydroxyl groups excluding tert-OH is 1. The highest BCUT2D eigenvalue weighted by Gasteiger charge is 2.24. The molecule has 2 rings (SSSR count). The molecular formula is C12H15ClFNO. The first kappa shape index (κ1) is 11.8. The van der Waals surface area contributed by atoms with Gasteiger partial charge < -0.3 is 10.4 Å². The molecule has 0 aromatic heterocycles. The number of piperidine rings is 1. The highest BCUT2D eigenvalue weighted by molar-refractivity contribution is 6.30. The van der Waals surface area contributed by atoms with Crippen LogP contribution in [0.15, 0.2) is 18.2 Å². The van der Waals surface area contributed by atoms with Crippen LogP contribution in [0.3, 0.4) is 0 Å². The largest absolute Gasteiger partial charge is 0.387 e. The quantitative estimate of drug-likeness (QED) is 0.837. The lowest BCUT2D eigenvalue weighted by Crippen LogP contribution is -2.39. The zero-order valence-corrected chi connectivity index (χ0v) is 9.67. The molecule has 16 heavy (non-hydrogen) atoms. The van der Waals surface area contributed by atoms with Crippen LogP contribution in [-0.2, 0) is 0 Å². The van der Waals surface area contributed by atoms with Crippen molar-refractivity contribution >= 4 is 11.6 Å². The van der Waals surface area contributed by atoms with Crippen LogP contribution in [-0.4, -0.2) is 17.7 Å².